The van der Waals surface area contributed by atoms with E-state index < -0.39 is 11.5 Å². The van der Waals surface area contributed by atoms with Crippen molar-refractivity contribution in [2.45, 2.75) is 62.8 Å². The van der Waals surface area contributed by atoms with Crippen LogP contribution >= 0.6 is 0 Å². The van der Waals surface area contributed by atoms with Crippen molar-refractivity contribution in [2.75, 3.05) is 0 Å². The highest BCUT2D eigenvalue weighted by molar-refractivity contribution is 5.91. The molecule has 0 aliphatic heterocycles. The first-order valence-electron chi connectivity index (χ1n) is 8.71. The van der Waals surface area contributed by atoms with E-state index in [4.69, 9.17) is 0 Å². The Morgan fingerprint density at radius 1 is 1.13 bits per heavy atom. The monoisotopic (exact) mass is 315 g/mol. The Balaban J connectivity index is 1.56. The number of rotatable bonds is 6. The summed E-state index contributed by atoms with van der Waals surface area (Å²) in [6.45, 7) is 0. The molecule has 4 nitrogen and oxygen atoms in total. The van der Waals surface area contributed by atoms with Crippen molar-refractivity contribution >= 4 is 11.9 Å². The number of benzene rings is 1. The maximum atomic E-state index is 12.2. The van der Waals surface area contributed by atoms with E-state index in [2.05, 4.69) is 5.32 Å². The second kappa shape index (κ2) is 6.73. The minimum Gasteiger partial charge on any atom is -0.479 e. The standard InChI is InChI=1S/C19H25NO3/c21-17(12-11-14-7-3-1-4-8-14)20-19(18(22)23)13-16(19)15-9-5-2-6-10-15/h2,5-6,9-10,14,16H,1,3-4,7-8,11-13H2,(H,20,21)(H,22,23). The Kier molecular flexibility index (Phi) is 4.69. The third kappa shape index (κ3) is 3.57. The Hall–Kier alpha value is -1.84. The number of carbonyl (C=O) groups is 2. The first-order valence-corrected chi connectivity index (χ1v) is 8.71. The molecular formula is C19H25NO3. The molecule has 2 unspecified atom stereocenters. The molecule has 0 aromatic heterocycles. The SMILES string of the molecule is O=C(CCC1CCCCC1)NC1(C(=O)O)CC1c1ccccc1. The van der Waals surface area contributed by atoms with Crippen molar-refractivity contribution in [3.63, 3.8) is 0 Å². The van der Waals surface area contributed by atoms with Crippen LogP contribution in [0.3, 0.4) is 0 Å². The molecule has 23 heavy (non-hydrogen) atoms. The van der Waals surface area contributed by atoms with Gasteiger partial charge in [-0.3, -0.25) is 4.79 Å². The number of nitrogens with one attached hydrogen (secondary N) is 1. The van der Waals surface area contributed by atoms with Crippen LogP contribution in [-0.4, -0.2) is 22.5 Å². The summed E-state index contributed by atoms with van der Waals surface area (Å²) in [6.07, 6.45) is 8.08. The molecule has 0 radical (unpaired) electrons. The predicted molar refractivity (Wildman–Crippen MR) is 88.1 cm³/mol. The molecular weight excluding hydrogens is 290 g/mol. The van der Waals surface area contributed by atoms with Gasteiger partial charge in [0.25, 0.3) is 0 Å². The van der Waals surface area contributed by atoms with Crippen molar-refractivity contribution in [3.05, 3.63) is 35.9 Å². The summed E-state index contributed by atoms with van der Waals surface area (Å²) in [5, 5.41) is 12.4. The van der Waals surface area contributed by atoms with Crippen LogP contribution in [0, 0.1) is 5.92 Å². The molecule has 1 amide bonds. The van der Waals surface area contributed by atoms with E-state index in [1.165, 1.54) is 32.1 Å². The largest absolute Gasteiger partial charge is 0.479 e. The van der Waals surface area contributed by atoms with E-state index in [-0.39, 0.29) is 11.8 Å². The molecule has 3 rings (SSSR count). The summed E-state index contributed by atoms with van der Waals surface area (Å²) in [5.74, 6) is -0.506. The minimum absolute atomic E-state index is 0.111. The van der Waals surface area contributed by atoms with E-state index in [1.807, 2.05) is 30.3 Å². The lowest BCUT2D eigenvalue weighted by atomic mass is 9.86. The zero-order valence-electron chi connectivity index (χ0n) is 13.5. The van der Waals surface area contributed by atoms with Gasteiger partial charge in [-0.25, -0.2) is 4.79 Å². The van der Waals surface area contributed by atoms with E-state index >= 15 is 0 Å². The van der Waals surface area contributed by atoms with Gasteiger partial charge < -0.3 is 10.4 Å². The third-order valence-electron chi connectivity index (χ3n) is 5.41. The molecule has 0 saturated heterocycles. The average molecular weight is 315 g/mol. The van der Waals surface area contributed by atoms with Gasteiger partial charge in [0.05, 0.1) is 0 Å². The van der Waals surface area contributed by atoms with Crippen molar-refractivity contribution in [1.29, 1.82) is 0 Å². The smallest absolute Gasteiger partial charge is 0.330 e. The lowest BCUT2D eigenvalue weighted by molar-refractivity contribution is -0.143. The second-order valence-corrected chi connectivity index (χ2v) is 7.03. The highest BCUT2D eigenvalue weighted by Gasteiger charge is 2.62. The average Bonchev–Trinajstić information content (AvgIpc) is 3.30. The second-order valence-electron chi connectivity index (χ2n) is 7.03. The molecule has 0 bridgehead atoms. The number of carbonyl (C=O) groups excluding carboxylic acids is 1. The van der Waals surface area contributed by atoms with Crippen LogP contribution in [0.1, 0.15) is 62.8 Å². The molecule has 2 aliphatic carbocycles. The number of hydrogen-bond donors (Lipinski definition) is 2. The summed E-state index contributed by atoms with van der Waals surface area (Å²) < 4.78 is 0. The van der Waals surface area contributed by atoms with Gasteiger partial charge in [0.1, 0.15) is 5.54 Å². The minimum atomic E-state index is -1.09. The van der Waals surface area contributed by atoms with Crippen LogP contribution in [0.5, 0.6) is 0 Å². The van der Waals surface area contributed by atoms with Gasteiger partial charge in [0.2, 0.25) is 5.91 Å². The molecule has 1 aromatic rings. The summed E-state index contributed by atoms with van der Waals surface area (Å²) in [5.41, 5.74) is -0.104. The quantitative estimate of drug-likeness (QED) is 0.844. The fourth-order valence-corrected chi connectivity index (χ4v) is 3.90. The topological polar surface area (TPSA) is 66.4 Å². The van der Waals surface area contributed by atoms with Gasteiger partial charge in [0.15, 0.2) is 0 Å². The zero-order chi connectivity index (χ0) is 16.3. The Morgan fingerprint density at radius 2 is 1.83 bits per heavy atom. The first-order chi connectivity index (χ1) is 11.1. The Bertz CT molecular complexity index is 565. The molecule has 0 heterocycles. The van der Waals surface area contributed by atoms with Crippen LogP contribution in [0.4, 0.5) is 0 Å². The number of carboxylic acids is 1. The van der Waals surface area contributed by atoms with Crippen molar-refractivity contribution < 1.29 is 14.7 Å². The first kappa shape index (κ1) is 16.0. The number of amides is 1. The molecule has 2 aliphatic rings. The van der Waals surface area contributed by atoms with Crippen LogP contribution in [-0.2, 0) is 9.59 Å². The normalized spacial score (nSPS) is 27.4. The lowest BCUT2D eigenvalue weighted by Crippen LogP contribution is -2.44. The van der Waals surface area contributed by atoms with Crippen LogP contribution in [0.2, 0.25) is 0 Å². The summed E-state index contributed by atoms with van der Waals surface area (Å²) in [7, 11) is 0. The maximum absolute atomic E-state index is 12.2. The van der Waals surface area contributed by atoms with E-state index in [0.717, 1.165) is 12.0 Å². The molecule has 4 heteroatoms. The molecule has 124 valence electrons. The maximum Gasteiger partial charge on any atom is 0.330 e. The third-order valence-corrected chi connectivity index (χ3v) is 5.41. The fourth-order valence-electron chi connectivity index (χ4n) is 3.90. The van der Waals surface area contributed by atoms with E-state index in [9.17, 15) is 14.7 Å². The molecule has 2 fully saturated rings. The highest BCUT2D eigenvalue weighted by atomic mass is 16.4. The van der Waals surface area contributed by atoms with Crippen LogP contribution in [0.15, 0.2) is 30.3 Å². The predicted octanol–water partition coefficient (Wildman–Crippen LogP) is 3.47. The number of aliphatic carboxylic acids is 1. The van der Waals surface area contributed by atoms with E-state index in [1.54, 1.807) is 0 Å². The Morgan fingerprint density at radius 3 is 2.48 bits per heavy atom. The van der Waals surface area contributed by atoms with Crippen molar-refractivity contribution in [3.8, 4) is 0 Å². The zero-order valence-corrected chi connectivity index (χ0v) is 13.5. The number of carboxylic acid groups (broad SMARTS) is 1. The van der Waals surface area contributed by atoms with Crippen LogP contribution in [0.25, 0.3) is 0 Å². The lowest BCUT2D eigenvalue weighted by Gasteiger charge is -2.22. The Labute approximate surface area is 137 Å². The fraction of sp³-hybridized carbons (Fsp3) is 0.579. The van der Waals surface area contributed by atoms with Gasteiger partial charge in [-0.15, -0.1) is 0 Å². The van der Waals surface area contributed by atoms with Crippen LogP contribution < -0.4 is 5.32 Å². The molecule has 1 aromatic carbocycles. The molecule has 0 spiro atoms. The van der Waals surface area contributed by atoms with Gasteiger partial charge in [-0.2, -0.15) is 0 Å². The highest BCUT2D eigenvalue weighted by Crippen LogP contribution is 2.51. The van der Waals surface area contributed by atoms with Crippen molar-refractivity contribution in [1.82, 2.24) is 5.32 Å². The summed E-state index contributed by atoms with van der Waals surface area (Å²) in [6, 6.07) is 9.60. The number of hydrogen-bond acceptors (Lipinski definition) is 2. The van der Waals surface area contributed by atoms with Gasteiger partial charge in [-0.1, -0.05) is 62.4 Å². The molecule has 2 saturated carbocycles. The van der Waals surface area contributed by atoms with Gasteiger partial charge >= 0.3 is 5.97 Å². The van der Waals surface area contributed by atoms with E-state index in [0.29, 0.717) is 18.8 Å². The summed E-state index contributed by atoms with van der Waals surface area (Å²) in [4.78, 5) is 23.9. The van der Waals surface area contributed by atoms with Gasteiger partial charge in [-0.05, 0) is 24.3 Å². The summed E-state index contributed by atoms with van der Waals surface area (Å²) >= 11 is 0. The van der Waals surface area contributed by atoms with Crippen molar-refractivity contribution in [2.24, 2.45) is 5.92 Å². The van der Waals surface area contributed by atoms with Gasteiger partial charge in [0, 0.05) is 12.3 Å². The molecule has 2 atom stereocenters. The molecule has 2 N–H and O–H groups in total.